The van der Waals surface area contributed by atoms with E-state index in [2.05, 4.69) is 35.7 Å². The summed E-state index contributed by atoms with van der Waals surface area (Å²) in [5.74, 6) is 0.937. The molecule has 98 valence electrons. The van der Waals surface area contributed by atoms with E-state index < -0.39 is 8.07 Å². The minimum Gasteiger partial charge on any atom is -0.376 e. The van der Waals surface area contributed by atoms with Crippen molar-refractivity contribution < 1.29 is 4.74 Å². The van der Waals surface area contributed by atoms with E-state index in [0.29, 0.717) is 6.61 Å². The lowest BCUT2D eigenvalue weighted by Crippen LogP contribution is -2.21. The van der Waals surface area contributed by atoms with Gasteiger partial charge in [0.05, 0.1) is 6.61 Å². The fraction of sp³-hybridized carbons (Fsp3) is 0.538. The molecule has 0 radical (unpaired) electrons. The van der Waals surface area contributed by atoms with E-state index in [9.17, 15) is 0 Å². The molecule has 0 atom stereocenters. The van der Waals surface area contributed by atoms with Gasteiger partial charge in [0.1, 0.15) is 5.82 Å². The number of ether oxygens (including phenoxy) is 1. The highest BCUT2D eigenvalue weighted by atomic mass is 32.1. The third-order valence-corrected chi connectivity index (χ3v) is 4.84. The molecule has 2 rings (SSSR count). The standard InChI is InChI=1S/C13H20N2OSSi/c1-18(2,3)5-4-16-9-11-6-10-7-12(17)8-14-13(10)15-11/h6,8,15H,4-5,7,9H2,1-3H3. The zero-order valence-corrected chi connectivity index (χ0v) is 13.1. The van der Waals surface area contributed by atoms with Crippen LogP contribution < -0.4 is 0 Å². The minimum absolute atomic E-state index is 0.639. The zero-order chi connectivity index (χ0) is 13.2. The maximum atomic E-state index is 5.72. The molecule has 0 spiro atoms. The summed E-state index contributed by atoms with van der Waals surface area (Å²) in [7, 11) is -0.990. The Morgan fingerprint density at radius 3 is 2.94 bits per heavy atom. The smallest absolute Gasteiger partial charge is 0.133 e. The molecule has 0 bridgehead atoms. The van der Waals surface area contributed by atoms with E-state index in [1.54, 1.807) is 6.21 Å². The number of nitrogens with zero attached hydrogens (tertiary/aromatic N) is 1. The number of nitrogens with one attached hydrogen (secondary N) is 1. The second-order valence-corrected chi connectivity index (χ2v) is 12.1. The molecule has 1 N–H and O–H groups in total. The first-order valence-corrected chi connectivity index (χ1v) is 10.4. The number of fused-ring (bicyclic) bond motifs is 1. The Morgan fingerprint density at radius 2 is 2.22 bits per heavy atom. The van der Waals surface area contributed by atoms with Crippen LogP contribution in [0.2, 0.25) is 25.7 Å². The molecule has 1 aromatic rings. The summed E-state index contributed by atoms with van der Waals surface area (Å²) in [5, 5.41) is 0. The second kappa shape index (κ2) is 5.46. The van der Waals surface area contributed by atoms with Crippen molar-refractivity contribution in [3.63, 3.8) is 0 Å². The Labute approximate surface area is 115 Å². The van der Waals surface area contributed by atoms with Crippen LogP contribution in [-0.4, -0.2) is 30.7 Å². The molecule has 18 heavy (non-hydrogen) atoms. The summed E-state index contributed by atoms with van der Waals surface area (Å²) >= 11 is 5.15. The topological polar surface area (TPSA) is 37.4 Å². The van der Waals surface area contributed by atoms with E-state index in [1.807, 2.05) is 0 Å². The van der Waals surface area contributed by atoms with Crippen molar-refractivity contribution in [1.29, 1.82) is 0 Å². The molecule has 2 heterocycles. The lowest BCUT2D eigenvalue weighted by atomic mass is 10.1. The average molecular weight is 280 g/mol. The molecule has 5 heteroatoms. The summed E-state index contributed by atoms with van der Waals surface area (Å²) in [6, 6.07) is 3.32. The molecule has 0 aliphatic carbocycles. The maximum absolute atomic E-state index is 5.72. The summed E-state index contributed by atoms with van der Waals surface area (Å²) in [6.07, 6.45) is 2.57. The summed E-state index contributed by atoms with van der Waals surface area (Å²) in [6.45, 7) is 8.57. The number of aliphatic imine (C=N–C) groups is 1. The van der Waals surface area contributed by atoms with Gasteiger partial charge in [-0.05, 0) is 12.1 Å². The largest absolute Gasteiger partial charge is 0.376 e. The normalized spacial score (nSPS) is 14.9. The van der Waals surface area contributed by atoms with E-state index in [0.717, 1.165) is 29.4 Å². The Kier molecular flexibility index (Phi) is 4.14. The van der Waals surface area contributed by atoms with Gasteiger partial charge in [-0.25, -0.2) is 4.99 Å². The zero-order valence-electron chi connectivity index (χ0n) is 11.2. The molecule has 0 saturated carbocycles. The first kappa shape index (κ1) is 13.6. The van der Waals surface area contributed by atoms with Gasteiger partial charge in [-0.1, -0.05) is 31.9 Å². The molecule has 1 aliphatic heterocycles. The predicted octanol–water partition coefficient (Wildman–Crippen LogP) is 3.50. The van der Waals surface area contributed by atoms with Crippen molar-refractivity contribution in [1.82, 2.24) is 4.98 Å². The summed E-state index contributed by atoms with van der Waals surface area (Å²) in [4.78, 5) is 8.47. The van der Waals surface area contributed by atoms with Crippen molar-refractivity contribution in [2.45, 2.75) is 38.7 Å². The Bertz CT molecular complexity index is 474. The number of rotatable bonds is 5. The first-order valence-electron chi connectivity index (χ1n) is 6.29. The van der Waals surface area contributed by atoms with E-state index in [-0.39, 0.29) is 0 Å². The van der Waals surface area contributed by atoms with Crippen molar-refractivity contribution in [3.8, 4) is 0 Å². The van der Waals surface area contributed by atoms with Crippen LogP contribution in [0.15, 0.2) is 11.1 Å². The summed E-state index contributed by atoms with van der Waals surface area (Å²) < 4.78 is 5.72. The number of aromatic amines is 1. The van der Waals surface area contributed by atoms with E-state index in [4.69, 9.17) is 17.0 Å². The number of aromatic nitrogens is 1. The Morgan fingerprint density at radius 1 is 1.44 bits per heavy atom. The number of H-pyrrole nitrogens is 1. The molecule has 3 nitrogen and oxygen atoms in total. The van der Waals surface area contributed by atoms with Crippen LogP contribution in [0.4, 0.5) is 5.82 Å². The molecule has 0 unspecified atom stereocenters. The van der Waals surface area contributed by atoms with Gasteiger partial charge in [-0.3, -0.25) is 0 Å². The van der Waals surface area contributed by atoms with Gasteiger partial charge in [0.15, 0.2) is 0 Å². The van der Waals surface area contributed by atoms with Crippen molar-refractivity contribution in [2.75, 3.05) is 6.61 Å². The number of thiocarbonyl (C=S) groups is 1. The van der Waals surface area contributed by atoms with Gasteiger partial charge in [-0.2, -0.15) is 0 Å². The van der Waals surface area contributed by atoms with Gasteiger partial charge in [0.25, 0.3) is 0 Å². The van der Waals surface area contributed by atoms with Gasteiger partial charge in [0, 0.05) is 43.4 Å². The van der Waals surface area contributed by atoms with Crippen molar-refractivity contribution in [3.05, 3.63) is 17.3 Å². The van der Waals surface area contributed by atoms with Gasteiger partial charge in [0.2, 0.25) is 0 Å². The molecule has 1 aliphatic rings. The molecular weight excluding hydrogens is 260 g/mol. The highest BCUT2D eigenvalue weighted by molar-refractivity contribution is 7.81. The van der Waals surface area contributed by atoms with Crippen LogP contribution in [0.5, 0.6) is 0 Å². The quantitative estimate of drug-likeness (QED) is 0.509. The van der Waals surface area contributed by atoms with Crippen LogP contribution in [0, 0.1) is 0 Å². The Hall–Kier alpha value is -0.783. The van der Waals surface area contributed by atoms with Crippen LogP contribution >= 0.6 is 12.2 Å². The van der Waals surface area contributed by atoms with Gasteiger partial charge >= 0.3 is 0 Å². The fourth-order valence-corrected chi connectivity index (χ4v) is 2.77. The highest BCUT2D eigenvalue weighted by Gasteiger charge is 2.14. The highest BCUT2D eigenvalue weighted by Crippen LogP contribution is 2.23. The summed E-state index contributed by atoms with van der Waals surface area (Å²) in [5.41, 5.74) is 2.28. The monoisotopic (exact) mass is 280 g/mol. The molecule has 0 saturated heterocycles. The van der Waals surface area contributed by atoms with Crippen LogP contribution in [0.25, 0.3) is 0 Å². The third-order valence-electron chi connectivity index (χ3n) is 2.89. The van der Waals surface area contributed by atoms with Crippen molar-refractivity contribution >= 4 is 37.2 Å². The lowest BCUT2D eigenvalue weighted by molar-refractivity contribution is 0.131. The van der Waals surface area contributed by atoms with Crippen LogP contribution in [0.3, 0.4) is 0 Å². The molecule has 1 aromatic heterocycles. The second-order valence-electron chi connectivity index (χ2n) is 5.93. The molecule has 0 fully saturated rings. The maximum Gasteiger partial charge on any atom is 0.133 e. The Balaban J connectivity index is 1.85. The van der Waals surface area contributed by atoms with Crippen molar-refractivity contribution in [2.24, 2.45) is 4.99 Å². The molecular formula is C13H20N2OSSi. The van der Waals surface area contributed by atoms with Crippen LogP contribution in [-0.2, 0) is 17.8 Å². The van der Waals surface area contributed by atoms with Crippen LogP contribution in [0.1, 0.15) is 11.3 Å². The van der Waals surface area contributed by atoms with Gasteiger partial charge < -0.3 is 9.72 Å². The SMILES string of the molecule is C[Si](C)(C)CCOCc1cc2c([nH]1)N=CC(=S)C2. The van der Waals surface area contributed by atoms with E-state index in [1.165, 1.54) is 11.6 Å². The molecule has 0 amide bonds. The average Bonchev–Trinajstić information content (AvgIpc) is 2.65. The first-order chi connectivity index (χ1) is 8.44. The lowest BCUT2D eigenvalue weighted by Gasteiger charge is -2.14. The molecule has 0 aromatic carbocycles. The third kappa shape index (κ3) is 3.86. The number of hydrogen-bond donors (Lipinski definition) is 1. The predicted molar refractivity (Wildman–Crippen MR) is 83.1 cm³/mol. The minimum atomic E-state index is -0.990. The fourth-order valence-electron chi connectivity index (χ4n) is 1.81. The van der Waals surface area contributed by atoms with E-state index >= 15 is 0 Å². The number of hydrogen-bond acceptors (Lipinski definition) is 3. The van der Waals surface area contributed by atoms with Gasteiger partial charge in [-0.15, -0.1) is 0 Å².